The number of nitrogens with zero attached hydrogens (tertiary/aromatic N) is 1. The van der Waals surface area contributed by atoms with Crippen LogP contribution in [-0.2, 0) is 0 Å². The fourth-order valence-corrected chi connectivity index (χ4v) is 2.30. The molecule has 2 rings (SSSR count). The van der Waals surface area contributed by atoms with E-state index < -0.39 is 11.6 Å². The molecule has 2 nitrogen and oxygen atoms in total. The zero-order valence-corrected chi connectivity index (χ0v) is 10.9. The summed E-state index contributed by atoms with van der Waals surface area (Å²) < 4.78 is 33.3. The molecule has 0 amide bonds. The summed E-state index contributed by atoms with van der Waals surface area (Å²) >= 11 is 0. The third-order valence-corrected chi connectivity index (χ3v) is 3.03. The van der Waals surface area contributed by atoms with Crippen molar-refractivity contribution in [3.8, 4) is 5.75 Å². The van der Waals surface area contributed by atoms with E-state index in [1.165, 1.54) is 12.1 Å². The highest BCUT2D eigenvalue weighted by Gasteiger charge is 2.20. The van der Waals surface area contributed by atoms with E-state index in [1.807, 2.05) is 13.8 Å². The van der Waals surface area contributed by atoms with E-state index >= 15 is 0 Å². The Balaban J connectivity index is 2.25. The fraction of sp³-hybridized carbons (Fsp3) is 0.571. The molecule has 0 aromatic heterocycles. The van der Waals surface area contributed by atoms with Crippen LogP contribution in [-0.4, -0.2) is 19.2 Å². The van der Waals surface area contributed by atoms with Gasteiger partial charge < -0.3 is 9.64 Å². The Labute approximate surface area is 107 Å². The van der Waals surface area contributed by atoms with Gasteiger partial charge >= 0.3 is 0 Å². The second-order valence-corrected chi connectivity index (χ2v) is 4.95. The van der Waals surface area contributed by atoms with Crippen LogP contribution < -0.4 is 9.64 Å². The lowest BCUT2D eigenvalue weighted by Gasteiger charge is -2.29. The number of hydrogen-bond acceptors (Lipinski definition) is 2. The van der Waals surface area contributed by atoms with Gasteiger partial charge in [-0.1, -0.05) is 0 Å². The molecule has 0 unspecified atom stereocenters. The molecule has 0 saturated carbocycles. The summed E-state index contributed by atoms with van der Waals surface area (Å²) in [4.78, 5) is 1.79. The van der Waals surface area contributed by atoms with Gasteiger partial charge in [-0.2, -0.15) is 0 Å². The topological polar surface area (TPSA) is 12.5 Å². The Hall–Kier alpha value is -1.32. The zero-order valence-electron chi connectivity index (χ0n) is 10.9. The number of hydrogen-bond donors (Lipinski definition) is 0. The van der Waals surface area contributed by atoms with Crippen molar-refractivity contribution in [1.29, 1.82) is 0 Å². The second-order valence-electron chi connectivity index (χ2n) is 4.95. The first kappa shape index (κ1) is 13.1. The Morgan fingerprint density at radius 2 is 1.61 bits per heavy atom. The van der Waals surface area contributed by atoms with Crippen molar-refractivity contribution < 1.29 is 13.5 Å². The van der Waals surface area contributed by atoms with Crippen LogP contribution in [0.4, 0.5) is 14.5 Å². The van der Waals surface area contributed by atoms with E-state index in [1.54, 1.807) is 4.90 Å². The molecule has 1 fully saturated rings. The lowest BCUT2D eigenvalue weighted by Crippen LogP contribution is -2.31. The Morgan fingerprint density at radius 1 is 1.06 bits per heavy atom. The molecule has 1 aliphatic rings. The standard InChI is InChI=1S/C14H19F2NO/c1-10(2)18-11-8-12(15)14(13(16)9-11)17-6-4-3-5-7-17/h8-10H,3-7H2,1-2H3. The molecule has 1 saturated heterocycles. The molecule has 1 aromatic carbocycles. The van der Waals surface area contributed by atoms with Crippen LogP contribution in [0.1, 0.15) is 33.1 Å². The van der Waals surface area contributed by atoms with Gasteiger partial charge in [0.2, 0.25) is 0 Å². The maximum Gasteiger partial charge on any atom is 0.153 e. The Bertz CT molecular complexity index is 391. The summed E-state index contributed by atoms with van der Waals surface area (Å²) in [5.41, 5.74) is 0.0887. The molecule has 4 heteroatoms. The van der Waals surface area contributed by atoms with Crippen molar-refractivity contribution in [2.75, 3.05) is 18.0 Å². The molecule has 1 heterocycles. The zero-order chi connectivity index (χ0) is 13.1. The molecule has 18 heavy (non-hydrogen) atoms. The van der Waals surface area contributed by atoms with Crippen molar-refractivity contribution in [2.45, 2.75) is 39.2 Å². The van der Waals surface area contributed by atoms with Crippen molar-refractivity contribution in [3.05, 3.63) is 23.8 Å². The highest BCUT2D eigenvalue weighted by Crippen LogP contribution is 2.30. The summed E-state index contributed by atoms with van der Waals surface area (Å²) in [6.45, 7) is 5.10. The summed E-state index contributed by atoms with van der Waals surface area (Å²) in [5, 5.41) is 0. The van der Waals surface area contributed by atoms with Gasteiger partial charge in [0.05, 0.1) is 6.10 Å². The predicted octanol–water partition coefficient (Wildman–Crippen LogP) is 3.74. The first-order chi connectivity index (χ1) is 8.58. The summed E-state index contributed by atoms with van der Waals surface area (Å²) in [5.74, 6) is -0.819. The molecule has 1 aliphatic heterocycles. The van der Waals surface area contributed by atoms with Gasteiger partial charge in [-0.05, 0) is 33.1 Å². The van der Waals surface area contributed by atoms with Crippen LogP contribution in [0.25, 0.3) is 0 Å². The SMILES string of the molecule is CC(C)Oc1cc(F)c(N2CCCCC2)c(F)c1. The van der Waals surface area contributed by atoms with Crippen molar-refractivity contribution >= 4 is 5.69 Å². The highest BCUT2D eigenvalue weighted by molar-refractivity contribution is 5.52. The minimum Gasteiger partial charge on any atom is -0.491 e. The second kappa shape index (κ2) is 5.55. The molecular formula is C14H19F2NO. The van der Waals surface area contributed by atoms with Gasteiger partial charge in [-0.15, -0.1) is 0 Å². The normalized spacial score (nSPS) is 16.2. The highest BCUT2D eigenvalue weighted by atomic mass is 19.1. The predicted molar refractivity (Wildman–Crippen MR) is 68.2 cm³/mol. The van der Waals surface area contributed by atoms with E-state index in [2.05, 4.69) is 0 Å². The molecule has 1 aromatic rings. The number of rotatable bonds is 3. The maximum atomic E-state index is 14.0. The summed E-state index contributed by atoms with van der Waals surface area (Å²) in [6.07, 6.45) is 3.02. The first-order valence-electron chi connectivity index (χ1n) is 6.48. The molecular weight excluding hydrogens is 236 g/mol. The molecule has 0 aliphatic carbocycles. The Morgan fingerprint density at radius 3 is 2.11 bits per heavy atom. The van der Waals surface area contributed by atoms with Gasteiger partial charge in [0.1, 0.15) is 11.4 Å². The average molecular weight is 255 g/mol. The average Bonchev–Trinajstić information content (AvgIpc) is 2.28. The smallest absolute Gasteiger partial charge is 0.153 e. The Kier molecular flexibility index (Phi) is 4.04. The number of halogens is 2. The molecule has 0 atom stereocenters. The van der Waals surface area contributed by atoms with Gasteiger partial charge in [-0.25, -0.2) is 8.78 Å². The third kappa shape index (κ3) is 2.92. The van der Waals surface area contributed by atoms with Crippen molar-refractivity contribution in [3.63, 3.8) is 0 Å². The monoisotopic (exact) mass is 255 g/mol. The van der Waals surface area contributed by atoms with Gasteiger partial charge in [0, 0.05) is 25.2 Å². The molecule has 0 N–H and O–H groups in total. The van der Waals surface area contributed by atoms with Crippen LogP contribution in [0.3, 0.4) is 0 Å². The number of benzene rings is 1. The minimum atomic E-state index is -0.535. The maximum absolute atomic E-state index is 14.0. The largest absolute Gasteiger partial charge is 0.491 e. The first-order valence-corrected chi connectivity index (χ1v) is 6.48. The van der Waals surface area contributed by atoms with Crippen LogP contribution in [0, 0.1) is 11.6 Å². The number of anilines is 1. The van der Waals surface area contributed by atoms with Gasteiger partial charge in [0.25, 0.3) is 0 Å². The van der Waals surface area contributed by atoms with Crippen molar-refractivity contribution in [1.82, 2.24) is 0 Å². The molecule has 0 radical (unpaired) electrons. The number of ether oxygens (including phenoxy) is 1. The molecule has 100 valence electrons. The van der Waals surface area contributed by atoms with Crippen LogP contribution in [0.15, 0.2) is 12.1 Å². The van der Waals surface area contributed by atoms with Crippen LogP contribution in [0.5, 0.6) is 5.75 Å². The van der Waals surface area contributed by atoms with Gasteiger partial charge in [-0.3, -0.25) is 0 Å². The van der Waals surface area contributed by atoms with Gasteiger partial charge in [0.15, 0.2) is 11.6 Å². The van der Waals surface area contributed by atoms with Crippen molar-refractivity contribution in [2.24, 2.45) is 0 Å². The lowest BCUT2D eigenvalue weighted by atomic mass is 10.1. The minimum absolute atomic E-state index is 0.0887. The van der Waals surface area contributed by atoms with Crippen LogP contribution in [0.2, 0.25) is 0 Å². The van der Waals surface area contributed by atoms with Crippen LogP contribution >= 0.6 is 0 Å². The number of piperidine rings is 1. The van der Waals surface area contributed by atoms with E-state index in [-0.39, 0.29) is 17.5 Å². The summed E-state index contributed by atoms with van der Waals surface area (Å²) in [6, 6.07) is 2.54. The third-order valence-electron chi connectivity index (χ3n) is 3.03. The van der Waals surface area contributed by atoms with E-state index in [0.29, 0.717) is 0 Å². The quantitative estimate of drug-likeness (QED) is 0.815. The van der Waals surface area contributed by atoms with E-state index in [0.717, 1.165) is 32.4 Å². The molecule has 0 spiro atoms. The summed E-state index contributed by atoms with van der Waals surface area (Å²) in [7, 11) is 0. The fourth-order valence-electron chi connectivity index (χ4n) is 2.30. The molecule has 0 bridgehead atoms. The van der Waals surface area contributed by atoms with E-state index in [4.69, 9.17) is 4.74 Å². The lowest BCUT2D eigenvalue weighted by molar-refractivity contribution is 0.240. The van der Waals surface area contributed by atoms with E-state index in [9.17, 15) is 8.78 Å².